The number of hydrogen-bond donors (Lipinski definition) is 3. The largest absolute Gasteiger partial charge is 0.351 e. The van der Waals surface area contributed by atoms with E-state index in [2.05, 4.69) is 15.6 Å². The molecule has 0 fully saturated rings. The van der Waals surface area contributed by atoms with Gasteiger partial charge >= 0.3 is 6.03 Å². The first-order valence-corrected chi connectivity index (χ1v) is 7.35. The summed E-state index contributed by atoms with van der Waals surface area (Å²) in [5.74, 6) is -0.179. The van der Waals surface area contributed by atoms with Gasteiger partial charge in [0.15, 0.2) is 4.96 Å². The number of nitrogens with two attached hydrogens (primary N) is 1. The molecule has 2 aromatic heterocycles. The van der Waals surface area contributed by atoms with Crippen LogP contribution in [0.2, 0.25) is 0 Å². The minimum absolute atomic E-state index is 0.179. The van der Waals surface area contributed by atoms with Crippen molar-refractivity contribution in [3.8, 4) is 0 Å². The molecule has 3 aromatic rings. The molecule has 22 heavy (non-hydrogen) atoms. The highest BCUT2D eigenvalue weighted by atomic mass is 32.1. The van der Waals surface area contributed by atoms with Crippen LogP contribution < -0.4 is 16.4 Å². The Labute approximate surface area is 129 Å². The Hall–Kier alpha value is -2.87. The molecule has 0 unspecified atom stereocenters. The minimum Gasteiger partial charge on any atom is -0.351 e. The van der Waals surface area contributed by atoms with E-state index in [-0.39, 0.29) is 12.3 Å². The van der Waals surface area contributed by atoms with E-state index in [1.165, 1.54) is 11.3 Å². The van der Waals surface area contributed by atoms with Crippen LogP contribution in [0.5, 0.6) is 0 Å². The van der Waals surface area contributed by atoms with E-state index in [1.54, 1.807) is 24.3 Å². The summed E-state index contributed by atoms with van der Waals surface area (Å²) in [7, 11) is 0. The van der Waals surface area contributed by atoms with Gasteiger partial charge in [-0.15, -0.1) is 11.3 Å². The van der Waals surface area contributed by atoms with Crippen LogP contribution in [0.3, 0.4) is 0 Å². The zero-order valence-corrected chi connectivity index (χ0v) is 12.3. The van der Waals surface area contributed by atoms with Crippen molar-refractivity contribution in [2.45, 2.75) is 6.42 Å². The van der Waals surface area contributed by atoms with Crippen molar-refractivity contribution < 1.29 is 9.59 Å². The molecule has 112 valence electrons. The summed E-state index contributed by atoms with van der Waals surface area (Å²) in [6, 6.07) is 6.11. The fraction of sp³-hybridized carbons (Fsp3) is 0.0714. The van der Waals surface area contributed by atoms with Crippen LogP contribution in [0, 0.1) is 0 Å². The first-order valence-electron chi connectivity index (χ1n) is 6.47. The first-order chi connectivity index (χ1) is 10.6. The van der Waals surface area contributed by atoms with Crippen LogP contribution in [-0.4, -0.2) is 21.3 Å². The topological polar surface area (TPSA) is 102 Å². The van der Waals surface area contributed by atoms with Gasteiger partial charge in [0.2, 0.25) is 5.91 Å². The van der Waals surface area contributed by atoms with Gasteiger partial charge < -0.3 is 16.4 Å². The van der Waals surface area contributed by atoms with Crippen molar-refractivity contribution >= 4 is 39.6 Å². The number of benzene rings is 1. The quantitative estimate of drug-likeness (QED) is 0.687. The van der Waals surface area contributed by atoms with Crippen LogP contribution >= 0.6 is 11.3 Å². The Morgan fingerprint density at radius 1 is 1.27 bits per heavy atom. The summed E-state index contributed by atoms with van der Waals surface area (Å²) in [5.41, 5.74) is 6.86. The van der Waals surface area contributed by atoms with E-state index in [1.807, 2.05) is 22.2 Å². The lowest BCUT2D eigenvalue weighted by atomic mass is 10.2. The van der Waals surface area contributed by atoms with Crippen LogP contribution in [0.1, 0.15) is 5.69 Å². The fourth-order valence-corrected chi connectivity index (χ4v) is 2.77. The van der Waals surface area contributed by atoms with E-state index in [9.17, 15) is 9.59 Å². The van der Waals surface area contributed by atoms with E-state index >= 15 is 0 Å². The summed E-state index contributed by atoms with van der Waals surface area (Å²) in [4.78, 5) is 28.1. The number of hydrogen-bond acceptors (Lipinski definition) is 4. The van der Waals surface area contributed by atoms with E-state index in [0.29, 0.717) is 17.1 Å². The summed E-state index contributed by atoms with van der Waals surface area (Å²) in [6.45, 7) is 0. The summed E-state index contributed by atoms with van der Waals surface area (Å²) >= 11 is 1.51. The van der Waals surface area contributed by atoms with Crippen LogP contribution in [0.15, 0.2) is 42.0 Å². The van der Waals surface area contributed by atoms with Crippen molar-refractivity contribution in [1.82, 2.24) is 9.38 Å². The van der Waals surface area contributed by atoms with Gasteiger partial charge in [-0.1, -0.05) is 6.07 Å². The maximum Gasteiger partial charge on any atom is 0.316 e. The van der Waals surface area contributed by atoms with Crippen molar-refractivity contribution in [3.63, 3.8) is 0 Å². The lowest BCUT2D eigenvalue weighted by Gasteiger charge is -2.07. The summed E-state index contributed by atoms with van der Waals surface area (Å²) in [6.07, 6.45) is 3.91. The molecule has 0 bridgehead atoms. The Kier molecular flexibility index (Phi) is 3.75. The molecular formula is C14H13N5O2S. The van der Waals surface area contributed by atoms with Crippen LogP contribution in [0.25, 0.3) is 4.96 Å². The van der Waals surface area contributed by atoms with Gasteiger partial charge in [-0.25, -0.2) is 9.78 Å². The van der Waals surface area contributed by atoms with Gasteiger partial charge in [0.05, 0.1) is 12.1 Å². The third-order valence-electron chi connectivity index (χ3n) is 2.90. The molecule has 0 aliphatic rings. The van der Waals surface area contributed by atoms with Gasteiger partial charge in [-0.3, -0.25) is 9.20 Å². The number of amides is 3. The minimum atomic E-state index is -0.651. The molecule has 0 radical (unpaired) electrons. The SMILES string of the molecule is NC(=O)Nc1cccc(NC(=O)Cc2cn3ccsc3n2)c1. The molecular weight excluding hydrogens is 302 g/mol. The highest BCUT2D eigenvalue weighted by Gasteiger charge is 2.09. The number of anilines is 2. The molecule has 8 heteroatoms. The molecule has 7 nitrogen and oxygen atoms in total. The molecule has 0 spiro atoms. The Morgan fingerprint density at radius 3 is 2.77 bits per heavy atom. The Balaban J connectivity index is 1.66. The second-order valence-corrected chi connectivity index (χ2v) is 5.49. The smallest absolute Gasteiger partial charge is 0.316 e. The van der Waals surface area contributed by atoms with Crippen molar-refractivity contribution in [2.75, 3.05) is 10.6 Å². The molecule has 0 atom stereocenters. The maximum absolute atomic E-state index is 12.0. The summed E-state index contributed by atoms with van der Waals surface area (Å²) < 4.78 is 1.88. The van der Waals surface area contributed by atoms with Gasteiger partial charge in [-0.05, 0) is 18.2 Å². The van der Waals surface area contributed by atoms with Gasteiger partial charge in [0.1, 0.15) is 0 Å². The average molecular weight is 315 g/mol. The molecule has 0 aliphatic heterocycles. The molecule has 1 aromatic carbocycles. The third kappa shape index (κ3) is 3.23. The van der Waals surface area contributed by atoms with Crippen LogP contribution in [-0.2, 0) is 11.2 Å². The standard InChI is InChI=1S/C14H13N5O2S/c15-13(21)17-10-3-1-2-9(6-10)16-12(20)7-11-8-19-4-5-22-14(19)18-11/h1-6,8H,7H2,(H,16,20)(H3,15,17,21). The van der Waals surface area contributed by atoms with Crippen molar-refractivity contribution in [1.29, 1.82) is 0 Å². The van der Waals surface area contributed by atoms with E-state index < -0.39 is 6.03 Å². The van der Waals surface area contributed by atoms with Crippen molar-refractivity contribution in [2.24, 2.45) is 5.73 Å². The molecule has 3 rings (SSSR count). The summed E-state index contributed by atoms with van der Waals surface area (Å²) in [5, 5.41) is 7.15. The molecule has 2 heterocycles. The number of rotatable bonds is 4. The van der Waals surface area contributed by atoms with Gasteiger partial charge in [0.25, 0.3) is 0 Å². The number of thiazole rings is 1. The number of carbonyl (C=O) groups excluding carboxylic acids is 2. The lowest BCUT2D eigenvalue weighted by Crippen LogP contribution is -2.19. The monoisotopic (exact) mass is 315 g/mol. The third-order valence-corrected chi connectivity index (χ3v) is 3.67. The molecule has 0 saturated carbocycles. The number of fused-ring (bicyclic) bond motifs is 1. The van der Waals surface area contributed by atoms with Crippen molar-refractivity contribution in [3.05, 3.63) is 47.7 Å². The molecule has 4 N–H and O–H groups in total. The number of aromatic nitrogens is 2. The maximum atomic E-state index is 12.0. The van der Waals surface area contributed by atoms with Crippen LogP contribution in [0.4, 0.5) is 16.2 Å². The lowest BCUT2D eigenvalue weighted by molar-refractivity contribution is -0.115. The predicted octanol–water partition coefficient (Wildman–Crippen LogP) is 2.07. The van der Waals surface area contributed by atoms with Gasteiger partial charge in [-0.2, -0.15) is 0 Å². The highest BCUT2D eigenvalue weighted by molar-refractivity contribution is 7.15. The highest BCUT2D eigenvalue weighted by Crippen LogP contribution is 2.16. The molecule has 0 aliphatic carbocycles. The number of primary amides is 1. The van der Waals surface area contributed by atoms with E-state index in [0.717, 1.165) is 4.96 Å². The number of nitrogens with zero attached hydrogens (tertiary/aromatic N) is 2. The predicted molar refractivity (Wildman–Crippen MR) is 85.1 cm³/mol. The zero-order chi connectivity index (χ0) is 15.5. The number of carbonyl (C=O) groups is 2. The number of nitrogens with one attached hydrogen (secondary N) is 2. The van der Waals surface area contributed by atoms with E-state index in [4.69, 9.17) is 5.73 Å². The Morgan fingerprint density at radius 2 is 2.05 bits per heavy atom. The second kappa shape index (κ2) is 5.86. The molecule has 3 amide bonds. The van der Waals surface area contributed by atoms with Gasteiger partial charge in [0, 0.05) is 29.1 Å². The number of imidazole rings is 1. The normalized spacial score (nSPS) is 10.5. The number of urea groups is 1. The fourth-order valence-electron chi connectivity index (χ4n) is 2.05. The Bertz CT molecular complexity index is 810. The zero-order valence-electron chi connectivity index (χ0n) is 11.4. The second-order valence-electron chi connectivity index (χ2n) is 4.62. The average Bonchev–Trinajstić information content (AvgIpc) is 2.98. The first kappa shape index (κ1) is 14.1. The molecule has 0 saturated heterocycles.